The Morgan fingerprint density at radius 2 is 2.06 bits per heavy atom. The lowest BCUT2D eigenvalue weighted by Crippen LogP contribution is -2.18. The van der Waals surface area contributed by atoms with Gasteiger partial charge in [0.2, 0.25) is 0 Å². The molecule has 0 aliphatic rings. The third-order valence-corrected chi connectivity index (χ3v) is 2.86. The molecule has 1 atom stereocenters. The van der Waals surface area contributed by atoms with E-state index in [2.05, 4.69) is 22.6 Å². The Morgan fingerprint density at radius 1 is 1.35 bits per heavy atom. The van der Waals surface area contributed by atoms with Crippen LogP contribution in [0.2, 0.25) is 5.02 Å². The zero-order chi connectivity index (χ0) is 12.3. The van der Waals surface area contributed by atoms with E-state index in [1.165, 1.54) is 5.56 Å². The molecule has 0 saturated carbocycles. The SMILES string of the molecule is CC(NCc1cn(C)nn1)c1ccc(Cl)cc1. The van der Waals surface area contributed by atoms with Crippen LogP contribution in [0.4, 0.5) is 0 Å². The van der Waals surface area contributed by atoms with Gasteiger partial charge < -0.3 is 5.32 Å². The predicted molar refractivity (Wildman–Crippen MR) is 67.7 cm³/mol. The molecule has 5 heteroatoms. The molecule has 0 aliphatic heterocycles. The number of halogens is 1. The summed E-state index contributed by atoms with van der Waals surface area (Å²) in [5.74, 6) is 0. The van der Waals surface area contributed by atoms with Gasteiger partial charge in [0, 0.05) is 30.9 Å². The number of hydrogen-bond acceptors (Lipinski definition) is 3. The van der Waals surface area contributed by atoms with Gasteiger partial charge in [-0.3, -0.25) is 4.68 Å². The third kappa shape index (κ3) is 3.28. The largest absolute Gasteiger partial charge is 0.304 e. The van der Waals surface area contributed by atoms with Crippen molar-refractivity contribution >= 4 is 11.6 Å². The second-order valence-corrected chi connectivity index (χ2v) is 4.47. The highest BCUT2D eigenvalue weighted by Crippen LogP contribution is 2.16. The first-order valence-corrected chi connectivity index (χ1v) is 5.87. The zero-order valence-electron chi connectivity index (χ0n) is 9.89. The summed E-state index contributed by atoms with van der Waals surface area (Å²) in [6, 6.07) is 8.11. The molecule has 17 heavy (non-hydrogen) atoms. The van der Waals surface area contributed by atoms with Crippen LogP contribution in [0.3, 0.4) is 0 Å². The molecule has 0 saturated heterocycles. The van der Waals surface area contributed by atoms with Gasteiger partial charge in [-0.05, 0) is 24.6 Å². The van der Waals surface area contributed by atoms with Crippen molar-refractivity contribution in [1.29, 1.82) is 0 Å². The number of rotatable bonds is 4. The quantitative estimate of drug-likeness (QED) is 0.906. The summed E-state index contributed by atoms with van der Waals surface area (Å²) in [5.41, 5.74) is 2.15. The van der Waals surface area contributed by atoms with E-state index in [-0.39, 0.29) is 6.04 Å². The van der Waals surface area contributed by atoms with Gasteiger partial charge in [-0.2, -0.15) is 0 Å². The number of nitrogens with one attached hydrogen (secondary N) is 1. The smallest absolute Gasteiger partial charge is 0.0964 e. The minimum atomic E-state index is 0.259. The third-order valence-electron chi connectivity index (χ3n) is 2.61. The van der Waals surface area contributed by atoms with Crippen molar-refractivity contribution in [2.75, 3.05) is 0 Å². The molecule has 4 nitrogen and oxygen atoms in total. The maximum absolute atomic E-state index is 5.85. The Balaban J connectivity index is 1.93. The van der Waals surface area contributed by atoms with Gasteiger partial charge in [-0.1, -0.05) is 28.9 Å². The molecule has 0 bridgehead atoms. The lowest BCUT2D eigenvalue weighted by atomic mass is 10.1. The zero-order valence-corrected chi connectivity index (χ0v) is 10.6. The van der Waals surface area contributed by atoms with Crippen molar-refractivity contribution in [3.8, 4) is 0 Å². The number of benzene rings is 1. The number of nitrogens with zero attached hydrogens (tertiary/aromatic N) is 3. The Morgan fingerprint density at radius 3 is 2.65 bits per heavy atom. The highest BCUT2D eigenvalue weighted by Gasteiger charge is 2.05. The molecule has 1 N–H and O–H groups in total. The Bertz CT molecular complexity index is 478. The molecule has 90 valence electrons. The Hall–Kier alpha value is -1.39. The van der Waals surface area contributed by atoms with Gasteiger partial charge in [0.25, 0.3) is 0 Å². The normalized spacial score (nSPS) is 12.6. The molecule has 1 aromatic heterocycles. The van der Waals surface area contributed by atoms with E-state index >= 15 is 0 Å². The highest BCUT2D eigenvalue weighted by molar-refractivity contribution is 6.30. The van der Waals surface area contributed by atoms with Gasteiger partial charge in [-0.15, -0.1) is 5.10 Å². The van der Waals surface area contributed by atoms with Crippen molar-refractivity contribution in [2.24, 2.45) is 7.05 Å². The van der Waals surface area contributed by atoms with Crippen LogP contribution in [0.25, 0.3) is 0 Å². The molecular formula is C12H15ClN4. The van der Waals surface area contributed by atoms with Crippen molar-refractivity contribution in [3.05, 3.63) is 46.7 Å². The first-order valence-electron chi connectivity index (χ1n) is 5.49. The van der Waals surface area contributed by atoms with Gasteiger partial charge in [0.15, 0.2) is 0 Å². The molecule has 0 fully saturated rings. The summed E-state index contributed by atoms with van der Waals surface area (Å²) < 4.78 is 1.70. The van der Waals surface area contributed by atoms with E-state index in [0.29, 0.717) is 6.54 Å². The van der Waals surface area contributed by atoms with Crippen LogP contribution in [0.5, 0.6) is 0 Å². The maximum atomic E-state index is 5.85. The first kappa shape index (κ1) is 12.1. The van der Waals surface area contributed by atoms with E-state index in [0.717, 1.165) is 10.7 Å². The van der Waals surface area contributed by atoms with Gasteiger partial charge in [0.05, 0.1) is 5.69 Å². The first-order chi connectivity index (χ1) is 8.15. The fraction of sp³-hybridized carbons (Fsp3) is 0.333. The summed E-state index contributed by atoms with van der Waals surface area (Å²) in [6.07, 6.45) is 1.90. The van der Waals surface area contributed by atoms with Crippen molar-refractivity contribution in [3.63, 3.8) is 0 Å². The summed E-state index contributed by atoms with van der Waals surface area (Å²) >= 11 is 5.85. The van der Waals surface area contributed by atoms with Crippen LogP contribution in [-0.4, -0.2) is 15.0 Å². The van der Waals surface area contributed by atoms with Crippen LogP contribution in [0.15, 0.2) is 30.5 Å². The maximum Gasteiger partial charge on any atom is 0.0964 e. The van der Waals surface area contributed by atoms with E-state index in [1.807, 2.05) is 37.5 Å². The van der Waals surface area contributed by atoms with E-state index in [1.54, 1.807) is 4.68 Å². The highest BCUT2D eigenvalue weighted by atomic mass is 35.5. The minimum Gasteiger partial charge on any atom is -0.304 e. The fourth-order valence-electron chi connectivity index (χ4n) is 1.60. The monoisotopic (exact) mass is 250 g/mol. The number of hydrogen-bond donors (Lipinski definition) is 1. The summed E-state index contributed by atoms with van der Waals surface area (Å²) in [5, 5.41) is 12.1. The minimum absolute atomic E-state index is 0.259. The molecule has 0 spiro atoms. The fourth-order valence-corrected chi connectivity index (χ4v) is 1.73. The topological polar surface area (TPSA) is 42.7 Å². The van der Waals surface area contributed by atoms with Crippen LogP contribution < -0.4 is 5.32 Å². The molecule has 1 heterocycles. The van der Waals surface area contributed by atoms with Gasteiger partial charge >= 0.3 is 0 Å². The molecular weight excluding hydrogens is 236 g/mol. The summed E-state index contributed by atoms with van der Waals surface area (Å²) in [4.78, 5) is 0. The van der Waals surface area contributed by atoms with Crippen LogP contribution in [-0.2, 0) is 13.6 Å². The van der Waals surface area contributed by atoms with Crippen LogP contribution in [0, 0.1) is 0 Å². The molecule has 0 aliphatic carbocycles. The van der Waals surface area contributed by atoms with Crippen molar-refractivity contribution < 1.29 is 0 Å². The van der Waals surface area contributed by atoms with E-state index in [9.17, 15) is 0 Å². The number of aromatic nitrogens is 3. The van der Waals surface area contributed by atoms with Crippen LogP contribution in [0.1, 0.15) is 24.2 Å². The van der Waals surface area contributed by atoms with Gasteiger partial charge in [-0.25, -0.2) is 0 Å². The van der Waals surface area contributed by atoms with Crippen molar-refractivity contribution in [1.82, 2.24) is 20.3 Å². The Labute approximate surface area is 106 Å². The lowest BCUT2D eigenvalue weighted by molar-refractivity contribution is 0.567. The van der Waals surface area contributed by atoms with Gasteiger partial charge in [0.1, 0.15) is 0 Å². The van der Waals surface area contributed by atoms with Crippen LogP contribution >= 0.6 is 11.6 Å². The lowest BCUT2D eigenvalue weighted by Gasteiger charge is -2.13. The molecule has 2 aromatic rings. The standard InChI is InChI=1S/C12H15ClN4/c1-9(10-3-5-11(13)6-4-10)14-7-12-8-17(2)16-15-12/h3-6,8-9,14H,7H2,1-2H3. The molecule has 1 aromatic carbocycles. The van der Waals surface area contributed by atoms with E-state index in [4.69, 9.17) is 11.6 Å². The molecule has 2 rings (SSSR count). The Kier molecular flexibility index (Phi) is 3.76. The summed E-state index contributed by atoms with van der Waals surface area (Å²) in [7, 11) is 1.86. The number of aryl methyl sites for hydroxylation is 1. The predicted octanol–water partition coefficient (Wildman–Crippen LogP) is 2.32. The molecule has 0 radical (unpaired) electrons. The summed E-state index contributed by atoms with van der Waals surface area (Å²) in [6.45, 7) is 2.82. The average Bonchev–Trinajstić information content (AvgIpc) is 2.73. The second-order valence-electron chi connectivity index (χ2n) is 4.04. The van der Waals surface area contributed by atoms with Crippen molar-refractivity contribution in [2.45, 2.75) is 19.5 Å². The average molecular weight is 251 g/mol. The molecule has 0 amide bonds. The van der Waals surface area contributed by atoms with E-state index < -0.39 is 0 Å². The second kappa shape index (κ2) is 5.29. The molecule has 1 unspecified atom stereocenters.